The molecule has 0 aliphatic rings. The molecule has 0 fully saturated rings. The number of nitro groups is 1. The first kappa shape index (κ1) is 26.4. The predicted octanol–water partition coefficient (Wildman–Crippen LogP) is 1.12. The van der Waals surface area contributed by atoms with E-state index in [9.17, 15) is 15.3 Å². The zero-order chi connectivity index (χ0) is 21.2. The predicted molar refractivity (Wildman–Crippen MR) is 120 cm³/mol. The number of para-hydroxylation sites is 1. The molecule has 3 aromatic rings. The molecule has 11 heteroatoms. The SMILES string of the molecule is COc1cc(OC)c2nc3ccccc3c(NCCC[N+](C)(C)[O-])c2c1[N+](=O)[O-].Cl.[Cl-]. The minimum Gasteiger partial charge on any atom is -1.00 e. The fraction of sp³-hybridized carbons (Fsp3) is 0.350. The van der Waals surface area contributed by atoms with Gasteiger partial charge in [-0.05, 0) is 6.07 Å². The van der Waals surface area contributed by atoms with E-state index in [0.29, 0.717) is 47.4 Å². The quantitative estimate of drug-likeness (QED) is 0.172. The standard InChI is InChI=1S/C20H24N4O5.2ClH/c1-24(2,27)11-7-10-21-18-13-8-5-6-9-14(13)22-19-15(28-3)12-16(29-4)20(17(18)19)23(25)26;;/h5-6,8-9,12H,7,10-11H2,1-4H3,(H,21,22);2*1H/p-1. The van der Waals surface area contributed by atoms with Crippen molar-refractivity contribution in [2.45, 2.75) is 6.42 Å². The van der Waals surface area contributed by atoms with Crippen LogP contribution in [0.5, 0.6) is 11.5 Å². The molecule has 1 heterocycles. The lowest BCUT2D eigenvalue weighted by molar-refractivity contribution is -0.839. The Hall–Kier alpha value is -2.59. The third-order valence-electron chi connectivity index (χ3n) is 4.66. The van der Waals surface area contributed by atoms with E-state index in [2.05, 4.69) is 10.3 Å². The average Bonchev–Trinajstić information content (AvgIpc) is 2.68. The average molecular weight is 472 g/mol. The van der Waals surface area contributed by atoms with Gasteiger partial charge in [-0.15, -0.1) is 12.4 Å². The third kappa shape index (κ3) is 5.56. The van der Waals surface area contributed by atoms with Gasteiger partial charge in [-0.2, -0.15) is 0 Å². The molecule has 170 valence electrons. The number of ether oxygens (including phenoxy) is 2. The summed E-state index contributed by atoms with van der Waals surface area (Å²) in [6.45, 7) is 0.895. The lowest BCUT2D eigenvalue weighted by Crippen LogP contribution is -3.00. The Bertz CT molecular complexity index is 1070. The normalized spacial score (nSPS) is 10.9. The van der Waals surface area contributed by atoms with Gasteiger partial charge in [0, 0.05) is 24.4 Å². The molecule has 9 nitrogen and oxygen atoms in total. The molecule has 0 spiro atoms. The maximum Gasteiger partial charge on any atom is 0.322 e. The number of benzene rings is 2. The molecule has 0 unspecified atom stereocenters. The zero-order valence-electron chi connectivity index (χ0n) is 17.7. The first-order valence-electron chi connectivity index (χ1n) is 9.16. The summed E-state index contributed by atoms with van der Waals surface area (Å²) in [5.41, 5.74) is 1.45. The Balaban J connectivity index is 0.00000240. The van der Waals surface area contributed by atoms with Crippen molar-refractivity contribution < 1.29 is 31.5 Å². The molecule has 0 aliphatic carbocycles. The lowest BCUT2D eigenvalue weighted by atomic mass is 10.0. The molecular formula is C20H25Cl2N4O5-. The second kappa shape index (κ2) is 10.6. The Kier molecular flexibility index (Phi) is 9.07. The number of rotatable bonds is 8. The van der Waals surface area contributed by atoms with E-state index in [-0.39, 0.29) is 36.3 Å². The minimum absolute atomic E-state index is 0. The Morgan fingerprint density at radius 3 is 2.39 bits per heavy atom. The van der Waals surface area contributed by atoms with Crippen LogP contribution in [-0.2, 0) is 0 Å². The number of anilines is 1. The molecule has 0 atom stereocenters. The van der Waals surface area contributed by atoms with Crippen LogP contribution in [0.3, 0.4) is 0 Å². The molecule has 3 rings (SSSR count). The maximum absolute atomic E-state index is 11.9. The maximum atomic E-state index is 11.9. The molecular weight excluding hydrogens is 447 g/mol. The summed E-state index contributed by atoms with van der Waals surface area (Å²) in [5, 5.41) is 28.1. The van der Waals surface area contributed by atoms with Crippen LogP contribution in [0.25, 0.3) is 21.8 Å². The van der Waals surface area contributed by atoms with Crippen LogP contribution in [0.2, 0.25) is 0 Å². The van der Waals surface area contributed by atoms with Gasteiger partial charge in [0.15, 0.2) is 0 Å². The molecule has 0 amide bonds. The molecule has 1 aromatic heterocycles. The summed E-state index contributed by atoms with van der Waals surface area (Å²) >= 11 is 0. The number of hydrogen-bond donors (Lipinski definition) is 1. The van der Waals surface area contributed by atoms with Crippen molar-refractivity contribution in [3.05, 3.63) is 45.7 Å². The van der Waals surface area contributed by atoms with E-state index >= 15 is 0 Å². The van der Waals surface area contributed by atoms with Gasteiger partial charge in [0.25, 0.3) is 0 Å². The van der Waals surface area contributed by atoms with Crippen LogP contribution in [0.1, 0.15) is 6.42 Å². The summed E-state index contributed by atoms with van der Waals surface area (Å²) in [4.78, 5) is 16.1. The number of aromatic nitrogens is 1. The van der Waals surface area contributed by atoms with Crippen LogP contribution in [0.15, 0.2) is 30.3 Å². The monoisotopic (exact) mass is 471 g/mol. The number of nitrogens with zero attached hydrogens (tertiary/aromatic N) is 3. The molecule has 0 aliphatic heterocycles. The largest absolute Gasteiger partial charge is 1.00 e. The first-order valence-corrected chi connectivity index (χ1v) is 9.16. The number of quaternary nitrogens is 1. The van der Waals surface area contributed by atoms with Gasteiger partial charge in [-0.1, -0.05) is 18.2 Å². The number of halogens is 2. The number of hydrogen-bond acceptors (Lipinski definition) is 7. The van der Waals surface area contributed by atoms with E-state index in [1.54, 1.807) is 14.1 Å². The highest BCUT2D eigenvalue weighted by molar-refractivity contribution is 6.13. The van der Waals surface area contributed by atoms with E-state index in [4.69, 9.17) is 9.47 Å². The summed E-state index contributed by atoms with van der Waals surface area (Å²) < 4.78 is 10.3. The van der Waals surface area contributed by atoms with Crippen molar-refractivity contribution in [1.29, 1.82) is 0 Å². The Morgan fingerprint density at radius 1 is 1.16 bits per heavy atom. The van der Waals surface area contributed by atoms with Gasteiger partial charge in [0.2, 0.25) is 5.75 Å². The van der Waals surface area contributed by atoms with Gasteiger partial charge < -0.3 is 37.1 Å². The summed E-state index contributed by atoms with van der Waals surface area (Å²) in [6.07, 6.45) is 0.601. The molecule has 2 aromatic carbocycles. The second-order valence-corrected chi connectivity index (χ2v) is 7.19. The Labute approximate surface area is 192 Å². The van der Waals surface area contributed by atoms with Gasteiger partial charge in [0.1, 0.15) is 16.7 Å². The third-order valence-corrected chi connectivity index (χ3v) is 4.66. The number of pyridine rings is 1. The van der Waals surface area contributed by atoms with E-state index in [1.807, 2.05) is 24.3 Å². The number of fused-ring (bicyclic) bond motifs is 2. The smallest absolute Gasteiger partial charge is 0.322 e. The van der Waals surface area contributed by atoms with Crippen LogP contribution < -0.4 is 27.2 Å². The van der Waals surface area contributed by atoms with Gasteiger partial charge in [-0.3, -0.25) is 10.1 Å². The summed E-state index contributed by atoms with van der Waals surface area (Å²) in [7, 11) is 6.03. The van der Waals surface area contributed by atoms with Crippen LogP contribution in [-0.4, -0.2) is 56.0 Å². The molecule has 0 saturated heterocycles. The summed E-state index contributed by atoms with van der Waals surface area (Å²) in [5.74, 6) is 0.477. The van der Waals surface area contributed by atoms with E-state index < -0.39 is 9.57 Å². The fourth-order valence-corrected chi connectivity index (χ4v) is 3.35. The second-order valence-electron chi connectivity index (χ2n) is 7.19. The van der Waals surface area contributed by atoms with Gasteiger partial charge in [0.05, 0.1) is 51.0 Å². The highest BCUT2D eigenvalue weighted by atomic mass is 35.5. The van der Waals surface area contributed by atoms with Crippen molar-refractivity contribution in [2.24, 2.45) is 0 Å². The molecule has 0 bridgehead atoms. The van der Waals surface area contributed by atoms with Crippen LogP contribution >= 0.6 is 12.4 Å². The van der Waals surface area contributed by atoms with Crippen molar-refractivity contribution >= 4 is 45.6 Å². The van der Waals surface area contributed by atoms with Crippen molar-refractivity contribution in [1.82, 2.24) is 4.98 Å². The molecule has 0 saturated carbocycles. The highest BCUT2D eigenvalue weighted by Crippen LogP contribution is 2.45. The first-order chi connectivity index (χ1) is 13.8. The van der Waals surface area contributed by atoms with Crippen LogP contribution in [0, 0.1) is 15.3 Å². The number of nitro benzene ring substituents is 1. The lowest BCUT2D eigenvalue weighted by Gasteiger charge is -2.33. The van der Waals surface area contributed by atoms with Gasteiger partial charge in [-0.25, -0.2) is 4.98 Å². The van der Waals surface area contributed by atoms with Crippen molar-refractivity contribution in [3.8, 4) is 11.5 Å². The number of nitrogens with one attached hydrogen (secondary N) is 1. The topological polar surface area (TPSA) is 110 Å². The Morgan fingerprint density at radius 2 is 1.81 bits per heavy atom. The number of hydroxylamine groups is 3. The molecule has 31 heavy (non-hydrogen) atoms. The summed E-state index contributed by atoms with van der Waals surface area (Å²) in [6, 6.07) is 8.87. The van der Waals surface area contributed by atoms with Gasteiger partial charge >= 0.3 is 5.69 Å². The fourth-order valence-electron chi connectivity index (χ4n) is 3.35. The van der Waals surface area contributed by atoms with Crippen molar-refractivity contribution in [3.63, 3.8) is 0 Å². The minimum atomic E-state index is -0.472. The highest BCUT2D eigenvalue weighted by Gasteiger charge is 2.27. The van der Waals surface area contributed by atoms with E-state index in [1.165, 1.54) is 20.3 Å². The van der Waals surface area contributed by atoms with E-state index in [0.717, 1.165) is 5.39 Å². The zero-order valence-corrected chi connectivity index (χ0v) is 19.2. The van der Waals surface area contributed by atoms with Crippen LogP contribution in [0.4, 0.5) is 11.4 Å². The molecule has 1 N–H and O–H groups in total. The number of methoxy groups -OCH3 is 2. The molecule has 0 radical (unpaired) electrons. The van der Waals surface area contributed by atoms with Crippen molar-refractivity contribution in [2.75, 3.05) is 46.7 Å².